The van der Waals surface area contributed by atoms with E-state index in [1.54, 1.807) is 0 Å². The van der Waals surface area contributed by atoms with Crippen LogP contribution in [0.1, 0.15) is 45.6 Å². The van der Waals surface area contributed by atoms with Gasteiger partial charge in [-0.25, -0.2) is 0 Å². The van der Waals surface area contributed by atoms with E-state index >= 15 is 0 Å². The molecule has 0 aliphatic rings. The van der Waals surface area contributed by atoms with E-state index in [-0.39, 0.29) is 5.60 Å². The molecule has 0 saturated carbocycles. The minimum Gasteiger partial charge on any atom is -0.399 e. The summed E-state index contributed by atoms with van der Waals surface area (Å²) in [4.78, 5) is 0. The molecule has 1 atom stereocenters. The van der Waals surface area contributed by atoms with Crippen molar-refractivity contribution in [1.82, 2.24) is 0 Å². The predicted molar refractivity (Wildman–Crippen MR) is 79.3 cm³/mol. The molecule has 102 valence electrons. The van der Waals surface area contributed by atoms with Gasteiger partial charge in [-0.05, 0) is 25.3 Å². The molecular formula is C15H26O2Si. The van der Waals surface area contributed by atoms with Crippen LogP contribution in [0, 0.1) is 0 Å². The van der Waals surface area contributed by atoms with Crippen LogP contribution in [-0.2, 0) is 15.3 Å². The SMILES string of the molecule is CCCO[SiH2]OC(C)(CCC)Cc1ccccc1. The third kappa shape index (κ3) is 5.80. The average molecular weight is 266 g/mol. The maximum absolute atomic E-state index is 6.09. The fraction of sp³-hybridized carbons (Fsp3) is 0.600. The van der Waals surface area contributed by atoms with Gasteiger partial charge in [0.05, 0.1) is 5.60 Å². The molecule has 0 radical (unpaired) electrons. The molecule has 0 aliphatic carbocycles. The van der Waals surface area contributed by atoms with Crippen molar-refractivity contribution in [3.63, 3.8) is 0 Å². The van der Waals surface area contributed by atoms with Gasteiger partial charge in [-0.2, -0.15) is 0 Å². The van der Waals surface area contributed by atoms with Crippen molar-refractivity contribution in [2.75, 3.05) is 6.61 Å². The van der Waals surface area contributed by atoms with E-state index < -0.39 is 10.0 Å². The van der Waals surface area contributed by atoms with E-state index in [1.807, 2.05) is 0 Å². The lowest BCUT2D eigenvalue weighted by Gasteiger charge is -2.30. The molecule has 0 saturated heterocycles. The van der Waals surface area contributed by atoms with Gasteiger partial charge in [0.15, 0.2) is 0 Å². The Labute approximate surface area is 114 Å². The lowest BCUT2D eigenvalue weighted by molar-refractivity contribution is 0.0553. The monoisotopic (exact) mass is 266 g/mol. The molecule has 0 spiro atoms. The summed E-state index contributed by atoms with van der Waals surface area (Å²) in [7, 11) is -0.840. The number of hydrogen-bond donors (Lipinski definition) is 0. The summed E-state index contributed by atoms with van der Waals surface area (Å²) in [6.45, 7) is 7.39. The highest BCUT2D eigenvalue weighted by atomic mass is 28.3. The van der Waals surface area contributed by atoms with Gasteiger partial charge in [0, 0.05) is 13.0 Å². The first-order valence-corrected chi connectivity index (χ1v) is 8.11. The van der Waals surface area contributed by atoms with Gasteiger partial charge < -0.3 is 8.85 Å². The molecule has 1 unspecified atom stereocenters. The van der Waals surface area contributed by atoms with Gasteiger partial charge in [-0.1, -0.05) is 50.6 Å². The van der Waals surface area contributed by atoms with E-state index in [0.717, 1.165) is 32.3 Å². The van der Waals surface area contributed by atoms with Crippen molar-refractivity contribution >= 4 is 10.0 Å². The smallest absolute Gasteiger partial charge is 0.304 e. The summed E-state index contributed by atoms with van der Waals surface area (Å²) in [5.74, 6) is 0. The minimum absolute atomic E-state index is 0.0595. The van der Waals surface area contributed by atoms with Crippen LogP contribution in [-0.4, -0.2) is 22.2 Å². The van der Waals surface area contributed by atoms with Crippen molar-refractivity contribution in [1.29, 1.82) is 0 Å². The Morgan fingerprint density at radius 3 is 2.44 bits per heavy atom. The minimum atomic E-state index is -0.840. The maximum Gasteiger partial charge on any atom is 0.304 e. The van der Waals surface area contributed by atoms with E-state index in [1.165, 1.54) is 5.56 Å². The second-order valence-corrected chi connectivity index (χ2v) is 5.97. The fourth-order valence-corrected chi connectivity index (χ4v) is 3.18. The van der Waals surface area contributed by atoms with E-state index in [4.69, 9.17) is 8.85 Å². The topological polar surface area (TPSA) is 18.5 Å². The number of rotatable bonds is 9. The maximum atomic E-state index is 6.09. The largest absolute Gasteiger partial charge is 0.399 e. The second kappa shape index (κ2) is 8.46. The Kier molecular flexibility index (Phi) is 7.24. The van der Waals surface area contributed by atoms with Crippen LogP contribution in [0.5, 0.6) is 0 Å². The van der Waals surface area contributed by atoms with E-state index in [9.17, 15) is 0 Å². The van der Waals surface area contributed by atoms with Crippen molar-refractivity contribution < 1.29 is 8.85 Å². The molecule has 0 N–H and O–H groups in total. The molecule has 0 aliphatic heterocycles. The van der Waals surface area contributed by atoms with Crippen molar-refractivity contribution in [2.24, 2.45) is 0 Å². The van der Waals surface area contributed by atoms with Gasteiger partial charge in [0.25, 0.3) is 0 Å². The first-order valence-electron chi connectivity index (χ1n) is 6.96. The molecule has 0 amide bonds. The first kappa shape index (κ1) is 15.4. The Balaban J connectivity index is 2.51. The van der Waals surface area contributed by atoms with Crippen LogP contribution in [0.4, 0.5) is 0 Å². The van der Waals surface area contributed by atoms with Gasteiger partial charge in [0.2, 0.25) is 0 Å². The highest BCUT2D eigenvalue weighted by Gasteiger charge is 2.24. The zero-order valence-corrected chi connectivity index (χ0v) is 13.4. The van der Waals surface area contributed by atoms with Crippen molar-refractivity contribution in [3.8, 4) is 0 Å². The Hall–Kier alpha value is -0.643. The van der Waals surface area contributed by atoms with Crippen molar-refractivity contribution in [2.45, 2.75) is 52.1 Å². The third-order valence-electron chi connectivity index (χ3n) is 3.04. The lowest BCUT2D eigenvalue weighted by Crippen LogP contribution is -2.33. The standard InChI is InChI=1S/C15H26O2Si/c1-4-11-15(3,17-18-16-12-5-2)13-14-9-7-6-8-10-14/h6-10H,4-5,11-13,18H2,1-3H3. The molecule has 18 heavy (non-hydrogen) atoms. The van der Waals surface area contributed by atoms with Crippen LogP contribution >= 0.6 is 0 Å². The molecule has 0 aromatic heterocycles. The predicted octanol–water partition coefficient (Wildman–Crippen LogP) is 3.23. The quantitative estimate of drug-likeness (QED) is 0.505. The summed E-state index contributed by atoms with van der Waals surface area (Å²) in [5.41, 5.74) is 1.29. The summed E-state index contributed by atoms with van der Waals surface area (Å²) >= 11 is 0. The van der Waals surface area contributed by atoms with E-state index in [2.05, 4.69) is 51.1 Å². The molecule has 2 nitrogen and oxygen atoms in total. The van der Waals surface area contributed by atoms with Gasteiger partial charge in [-0.15, -0.1) is 0 Å². The highest BCUT2D eigenvalue weighted by Crippen LogP contribution is 2.22. The fourth-order valence-electron chi connectivity index (χ4n) is 2.16. The average Bonchev–Trinajstić information content (AvgIpc) is 2.36. The lowest BCUT2D eigenvalue weighted by atomic mass is 9.92. The molecule has 0 fully saturated rings. The van der Waals surface area contributed by atoms with Gasteiger partial charge in [-0.3, -0.25) is 0 Å². The molecule has 0 bridgehead atoms. The van der Waals surface area contributed by atoms with Crippen LogP contribution in [0.2, 0.25) is 0 Å². The second-order valence-electron chi connectivity index (χ2n) is 5.03. The molecule has 1 aromatic rings. The zero-order valence-electron chi connectivity index (χ0n) is 11.9. The Morgan fingerprint density at radius 1 is 1.11 bits per heavy atom. The first-order chi connectivity index (χ1) is 8.70. The molecule has 1 aromatic carbocycles. The summed E-state index contributed by atoms with van der Waals surface area (Å²) < 4.78 is 11.7. The van der Waals surface area contributed by atoms with Gasteiger partial charge >= 0.3 is 10.0 Å². The summed E-state index contributed by atoms with van der Waals surface area (Å²) in [5, 5.41) is 0. The van der Waals surface area contributed by atoms with E-state index in [0.29, 0.717) is 0 Å². The Morgan fingerprint density at radius 2 is 1.83 bits per heavy atom. The molecular weight excluding hydrogens is 240 g/mol. The zero-order chi connectivity index (χ0) is 13.3. The van der Waals surface area contributed by atoms with Crippen molar-refractivity contribution in [3.05, 3.63) is 35.9 Å². The number of benzene rings is 1. The molecule has 3 heteroatoms. The van der Waals surface area contributed by atoms with Crippen LogP contribution in [0.3, 0.4) is 0 Å². The summed E-state index contributed by atoms with van der Waals surface area (Å²) in [6.07, 6.45) is 4.28. The normalized spacial score (nSPS) is 15.1. The van der Waals surface area contributed by atoms with Crippen LogP contribution in [0.25, 0.3) is 0 Å². The Bertz CT molecular complexity index is 316. The van der Waals surface area contributed by atoms with Crippen LogP contribution < -0.4 is 0 Å². The molecule has 0 heterocycles. The highest BCUT2D eigenvalue weighted by molar-refractivity contribution is 6.18. The molecule has 1 rings (SSSR count). The van der Waals surface area contributed by atoms with Crippen LogP contribution in [0.15, 0.2) is 30.3 Å². The number of hydrogen-bond acceptors (Lipinski definition) is 2. The van der Waals surface area contributed by atoms with Gasteiger partial charge in [0.1, 0.15) is 0 Å². The summed E-state index contributed by atoms with van der Waals surface area (Å²) in [6, 6.07) is 10.6. The third-order valence-corrected chi connectivity index (χ3v) is 4.31.